The lowest BCUT2D eigenvalue weighted by molar-refractivity contribution is -0.126. The first-order valence-electron chi connectivity index (χ1n) is 6.06. The van der Waals surface area contributed by atoms with E-state index in [1.54, 1.807) is 0 Å². The molecule has 0 bridgehead atoms. The van der Waals surface area contributed by atoms with Gasteiger partial charge < -0.3 is 4.57 Å². The van der Waals surface area contributed by atoms with Gasteiger partial charge in [0.25, 0.3) is 0 Å². The number of carbonyl (C=O) groups is 1. The van der Waals surface area contributed by atoms with E-state index in [-0.39, 0.29) is 5.78 Å². The van der Waals surface area contributed by atoms with Gasteiger partial charge in [-0.2, -0.15) is 5.26 Å². The van der Waals surface area contributed by atoms with E-state index in [0.717, 1.165) is 22.2 Å². The highest BCUT2D eigenvalue weighted by atomic mass is 16.1. The van der Waals surface area contributed by atoms with Crippen molar-refractivity contribution in [3.63, 3.8) is 0 Å². The minimum Gasteiger partial charge on any atom is -0.348 e. The smallest absolute Gasteiger partial charge is 0.136 e. The van der Waals surface area contributed by atoms with Crippen LogP contribution in [0.4, 0.5) is 0 Å². The topological polar surface area (TPSA) is 45.8 Å². The molecule has 1 saturated carbocycles. The molecule has 0 spiro atoms. The largest absolute Gasteiger partial charge is 0.348 e. The quantitative estimate of drug-likeness (QED) is 0.766. The van der Waals surface area contributed by atoms with Crippen molar-refractivity contribution in [3.8, 4) is 6.07 Å². The third-order valence-electron chi connectivity index (χ3n) is 4.09. The van der Waals surface area contributed by atoms with Gasteiger partial charge in [-0.05, 0) is 13.0 Å². The summed E-state index contributed by atoms with van der Waals surface area (Å²) in [5.41, 5.74) is 2.66. The zero-order valence-corrected chi connectivity index (χ0v) is 10.5. The predicted molar refractivity (Wildman–Crippen MR) is 69.2 cm³/mol. The van der Waals surface area contributed by atoms with Gasteiger partial charge in [-0.15, -0.1) is 0 Å². The first-order valence-corrected chi connectivity index (χ1v) is 6.06. The van der Waals surface area contributed by atoms with E-state index < -0.39 is 5.41 Å². The molecule has 0 unspecified atom stereocenters. The number of rotatable bonds is 1. The fourth-order valence-corrected chi connectivity index (χ4v) is 3.06. The summed E-state index contributed by atoms with van der Waals surface area (Å²) in [4.78, 5) is 11.3. The summed E-state index contributed by atoms with van der Waals surface area (Å²) in [6.45, 7) is 2.03. The molecule has 0 N–H and O–H groups in total. The van der Waals surface area contributed by atoms with E-state index in [1.165, 1.54) is 0 Å². The van der Waals surface area contributed by atoms with Crippen molar-refractivity contribution >= 4 is 16.7 Å². The Morgan fingerprint density at radius 2 is 2.00 bits per heavy atom. The number of hydrogen-bond donors (Lipinski definition) is 0. The normalized spacial score (nSPS) is 17.5. The van der Waals surface area contributed by atoms with Crippen molar-refractivity contribution < 1.29 is 4.79 Å². The lowest BCUT2D eigenvalue weighted by atomic mass is 9.64. The van der Waals surface area contributed by atoms with E-state index >= 15 is 0 Å². The molecule has 1 aliphatic carbocycles. The second-order valence-corrected chi connectivity index (χ2v) is 5.12. The van der Waals surface area contributed by atoms with E-state index in [2.05, 4.69) is 16.7 Å². The summed E-state index contributed by atoms with van der Waals surface area (Å²) in [5, 5.41) is 10.6. The van der Waals surface area contributed by atoms with Crippen molar-refractivity contribution in [2.45, 2.75) is 25.2 Å². The molecular formula is C15H14N2O. The molecule has 1 aromatic carbocycles. The van der Waals surface area contributed by atoms with Crippen molar-refractivity contribution in [2.24, 2.45) is 7.05 Å². The number of nitriles is 1. The minimum absolute atomic E-state index is 0.184. The van der Waals surface area contributed by atoms with Crippen LogP contribution in [-0.4, -0.2) is 10.4 Å². The van der Waals surface area contributed by atoms with Crippen LogP contribution in [0.3, 0.4) is 0 Å². The summed E-state index contributed by atoms with van der Waals surface area (Å²) in [6.07, 6.45) is 0.719. The van der Waals surface area contributed by atoms with Crippen LogP contribution in [0.5, 0.6) is 0 Å². The van der Waals surface area contributed by atoms with Crippen molar-refractivity contribution in [2.75, 3.05) is 0 Å². The van der Waals surface area contributed by atoms with E-state index in [9.17, 15) is 10.1 Å². The number of fused-ring (bicyclic) bond motifs is 1. The molecule has 3 heteroatoms. The number of nitrogens with zero attached hydrogens (tertiary/aromatic N) is 2. The molecule has 0 amide bonds. The number of aromatic nitrogens is 1. The summed E-state index contributed by atoms with van der Waals surface area (Å²) < 4.78 is 2.10. The second-order valence-electron chi connectivity index (χ2n) is 5.12. The maximum atomic E-state index is 11.3. The highest BCUT2D eigenvalue weighted by Crippen LogP contribution is 2.45. The van der Waals surface area contributed by atoms with Crippen LogP contribution < -0.4 is 0 Å². The monoisotopic (exact) mass is 238 g/mol. The molecule has 1 heterocycles. The third kappa shape index (κ3) is 1.20. The van der Waals surface area contributed by atoms with Gasteiger partial charge >= 0.3 is 0 Å². The standard InChI is InChI=1S/C15H14N2O/c1-10-14(15(9-16)7-11(18)8-15)12-5-3-4-6-13(12)17(10)2/h3-6H,7-8H2,1-2H3. The van der Waals surface area contributed by atoms with Crippen LogP contribution in [0.1, 0.15) is 24.1 Å². The molecule has 0 radical (unpaired) electrons. The Kier molecular flexibility index (Phi) is 2.12. The Labute approximate surface area is 106 Å². The molecule has 18 heavy (non-hydrogen) atoms. The van der Waals surface area contributed by atoms with Crippen LogP contribution >= 0.6 is 0 Å². The van der Waals surface area contributed by atoms with Gasteiger partial charge in [0.05, 0.1) is 11.5 Å². The number of ketones is 1. The first-order chi connectivity index (χ1) is 8.59. The van der Waals surface area contributed by atoms with Gasteiger partial charge in [-0.25, -0.2) is 0 Å². The molecule has 90 valence electrons. The number of hydrogen-bond acceptors (Lipinski definition) is 2. The highest BCUT2D eigenvalue weighted by molar-refractivity contribution is 5.95. The van der Waals surface area contributed by atoms with E-state index in [0.29, 0.717) is 12.8 Å². The molecule has 1 aromatic heterocycles. The Morgan fingerprint density at radius 3 is 2.61 bits per heavy atom. The molecule has 3 rings (SSSR count). The lowest BCUT2D eigenvalue weighted by Crippen LogP contribution is -2.40. The average molecular weight is 238 g/mol. The van der Waals surface area contributed by atoms with Crippen LogP contribution in [0.2, 0.25) is 0 Å². The molecule has 2 aromatic rings. The Morgan fingerprint density at radius 1 is 1.33 bits per heavy atom. The fraction of sp³-hybridized carbons (Fsp3) is 0.333. The number of benzene rings is 1. The summed E-state index contributed by atoms with van der Waals surface area (Å²) in [6, 6.07) is 10.4. The van der Waals surface area contributed by atoms with Crippen LogP contribution in [-0.2, 0) is 17.3 Å². The molecule has 3 nitrogen and oxygen atoms in total. The molecule has 0 atom stereocenters. The number of para-hydroxylation sites is 1. The first kappa shape index (κ1) is 11.0. The van der Waals surface area contributed by atoms with Crippen LogP contribution in [0.25, 0.3) is 10.9 Å². The fourth-order valence-electron chi connectivity index (χ4n) is 3.06. The SMILES string of the molecule is Cc1c(C2(C#N)CC(=O)C2)c2ccccc2n1C. The van der Waals surface area contributed by atoms with Gasteiger partial charge in [0, 0.05) is 42.0 Å². The van der Waals surface area contributed by atoms with Gasteiger partial charge in [0.2, 0.25) is 0 Å². The lowest BCUT2D eigenvalue weighted by Gasteiger charge is -2.34. The zero-order valence-electron chi connectivity index (χ0n) is 10.5. The van der Waals surface area contributed by atoms with Crippen LogP contribution in [0, 0.1) is 18.3 Å². The highest BCUT2D eigenvalue weighted by Gasteiger charge is 2.48. The molecule has 1 fully saturated rings. The van der Waals surface area contributed by atoms with Crippen molar-refractivity contribution in [1.82, 2.24) is 4.57 Å². The zero-order chi connectivity index (χ0) is 12.9. The maximum absolute atomic E-state index is 11.3. The number of aryl methyl sites for hydroxylation is 1. The van der Waals surface area contributed by atoms with E-state index in [4.69, 9.17) is 0 Å². The average Bonchev–Trinajstić information content (AvgIpc) is 2.59. The van der Waals surface area contributed by atoms with Crippen molar-refractivity contribution in [1.29, 1.82) is 5.26 Å². The summed E-state index contributed by atoms with van der Waals surface area (Å²) >= 11 is 0. The van der Waals surface area contributed by atoms with Crippen molar-refractivity contribution in [3.05, 3.63) is 35.5 Å². The molecular weight excluding hydrogens is 224 g/mol. The van der Waals surface area contributed by atoms with Gasteiger partial charge in [0.1, 0.15) is 5.78 Å². The number of carbonyl (C=O) groups excluding carboxylic acids is 1. The minimum atomic E-state index is -0.595. The number of Topliss-reactive ketones (excluding diaryl/α,β-unsaturated/α-hetero) is 1. The Bertz CT molecular complexity index is 695. The summed E-state index contributed by atoms with van der Waals surface area (Å²) in [7, 11) is 2.01. The third-order valence-corrected chi connectivity index (χ3v) is 4.09. The Balaban J connectivity index is 2.33. The molecule has 1 aliphatic rings. The summed E-state index contributed by atoms with van der Waals surface area (Å²) in [5.74, 6) is 0.184. The van der Waals surface area contributed by atoms with E-state index in [1.807, 2.05) is 32.2 Å². The van der Waals surface area contributed by atoms with Gasteiger partial charge in [-0.1, -0.05) is 18.2 Å². The predicted octanol–water partition coefficient (Wildman–Crippen LogP) is 2.61. The van der Waals surface area contributed by atoms with Crippen LogP contribution in [0.15, 0.2) is 24.3 Å². The van der Waals surface area contributed by atoms with Gasteiger partial charge in [0.15, 0.2) is 0 Å². The molecule has 0 aliphatic heterocycles. The second kappa shape index (κ2) is 3.46. The Hall–Kier alpha value is -2.08. The van der Waals surface area contributed by atoms with Gasteiger partial charge in [-0.3, -0.25) is 4.79 Å². The maximum Gasteiger partial charge on any atom is 0.136 e. The molecule has 0 saturated heterocycles.